The van der Waals surface area contributed by atoms with Crippen molar-refractivity contribution < 1.29 is 14.2 Å². The molecule has 0 heterocycles. The summed E-state index contributed by atoms with van der Waals surface area (Å²) < 4.78 is 17.4. The Morgan fingerprint density at radius 3 is 1.21 bits per heavy atom. The highest BCUT2D eigenvalue weighted by Crippen LogP contribution is 2.18. The van der Waals surface area contributed by atoms with Crippen LogP contribution in [0.5, 0.6) is 11.5 Å². The maximum atomic E-state index is 5.86. The molecule has 43 heavy (non-hydrogen) atoms. The number of rotatable bonds is 18. The van der Waals surface area contributed by atoms with E-state index in [1.54, 1.807) is 0 Å². The highest BCUT2D eigenvalue weighted by molar-refractivity contribution is 5.29. The van der Waals surface area contributed by atoms with Crippen LogP contribution in [0.25, 0.3) is 0 Å². The Hall–Kier alpha value is -3.64. The first-order valence-electron chi connectivity index (χ1n) is 15.6. The fraction of sp³-hybridized carbons (Fsp3) is 0.368. The summed E-state index contributed by atoms with van der Waals surface area (Å²) >= 11 is 0. The van der Waals surface area contributed by atoms with Gasteiger partial charge in [-0.3, -0.25) is 0 Å². The van der Waals surface area contributed by atoms with Crippen molar-refractivity contribution in [3.05, 3.63) is 131 Å². The van der Waals surface area contributed by atoms with Crippen LogP contribution in [-0.2, 0) is 17.6 Å². The molecule has 0 radical (unpaired) electrons. The second kappa shape index (κ2) is 17.5. The molecule has 0 fully saturated rings. The first-order valence-corrected chi connectivity index (χ1v) is 15.6. The van der Waals surface area contributed by atoms with Crippen molar-refractivity contribution in [1.82, 2.24) is 10.6 Å². The second-order valence-electron chi connectivity index (χ2n) is 11.4. The molecule has 5 nitrogen and oxygen atoms in total. The maximum Gasteiger partial charge on any atom is 0.119 e. The number of hydrogen-bond donors (Lipinski definition) is 2. The quantitative estimate of drug-likeness (QED) is 0.118. The van der Waals surface area contributed by atoms with Crippen LogP contribution in [0.3, 0.4) is 0 Å². The first-order chi connectivity index (χ1) is 21.0. The zero-order valence-corrected chi connectivity index (χ0v) is 26.2. The highest BCUT2D eigenvalue weighted by atomic mass is 16.5. The fourth-order valence-electron chi connectivity index (χ4n) is 5.34. The third-order valence-electron chi connectivity index (χ3n) is 7.59. The van der Waals surface area contributed by atoms with Crippen LogP contribution in [-0.4, -0.2) is 38.5 Å². The van der Waals surface area contributed by atoms with Crippen molar-refractivity contribution >= 4 is 0 Å². The molecule has 0 aliphatic heterocycles. The van der Waals surface area contributed by atoms with Crippen molar-refractivity contribution in [2.75, 3.05) is 26.4 Å². The SMILES string of the molecule is CC(Cc1ccc(OCCOCCOc2ccc(CC(C)NC(C)c3ccccc3)cc2)cc1)NC(C)c1ccccc1. The molecular formula is C38H48N2O3. The monoisotopic (exact) mass is 580 g/mol. The van der Waals surface area contributed by atoms with Crippen molar-refractivity contribution in [3.8, 4) is 11.5 Å². The third-order valence-corrected chi connectivity index (χ3v) is 7.59. The van der Waals surface area contributed by atoms with Gasteiger partial charge in [-0.1, -0.05) is 84.9 Å². The summed E-state index contributed by atoms with van der Waals surface area (Å²) in [4.78, 5) is 0. The van der Waals surface area contributed by atoms with Gasteiger partial charge >= 0.3 is 0 Å². The fourth-order valence-corrected chi connectivity index (χ4v) is 5.34. The minimum atomic E-state index is 0.320. The standard InChI is InChI=1S/C38H48N2O3/c1-29(39-31(3)35-11-7-5-8-12-35)27-33-15-19-37(20-16-33)42-25-23-41-24-26-43-38-21-17-34(18-22-38)28-30(2)40-32(4)36-13-9-6-10-14-36/h5-22,29-32,39-40H,23-28H2,1-4H3. The average molecular weight is 581 g/mol. The molecular weight excluding hydrogens is 532 g/mol. The molecule has 4 atom stereocenters. The van der Waals surface area contributed by atoms with Crippen molar-refractivity contribution in [2.24, 2.45) is 0 Å². The Bertz CT molecular complexity index is 1190. The molecule has 2 N–H and O–H groups in total. The molecule has 4 unspecified atom stereocenters. The highest BCUT2D eigenvalue weighted by Gasteiger charge is 2.11. The predicted octanol–water partition coefficient (Wildman–Crippen LogP) is 7.72. The second-order valence-corrected chi connectivity index (χ2v) is 11.4. The number of benzene rings is 4. The van der Waals surface area contributed by atoms with Gasteiger partial charge in [0, 0.05) is 24.2 Å². The summed E-state index contributed by atoms with van der Waals surface area (Å²) in [6.07, 6.45) is 1.93. The van der Waals surface area contributed by atoms with E-state index < -0.39 is 0 Å². The minimum Gasteiger partial charge on any atom is -0.491 e. The molecule has 0 saturated heterocycles. The van der Waals surface area contributed by atoms with E-state index in [1.807, 2.05) is 24.3 Å². The van der Waals surface area contributed by atoms with E-state index >= 15 is 0 Å². The van der Waals surface area contributed by atoms with Gasteiger partial charge in [-0.15, -0.1) is 0 Å². The predicted molar refractivity (Wildman–Crippen MR) is 177 cm³/mol. The number of hydrogen-bond acceptors (Lipinski definition) is 5. The van der Waals surface area contributed by atoms with Gasteiger partial charge in [0.15, 0.2) is 0 Å². The van der Waals surface area contributed by atoms with Crippen molar-refractivity contribution in [3.63, 3.8) is 0 Å². The Labute approximate surface area is 258 Å². The first kappa shape index (κ1) is 32.3. The van der Waals surface area contributed by atoms with Crippen LogP contribution < -0.4 is 20.1 Å². The molecule has 0 saturated carbocycles. The summed E-state index contributed by atoms with van der Waals surface area (Å²) in [5.41, 5.74) is 5.20. The van der Waals surface area contributed by atoms with E-state index in [-0.39, 0.29) is 0 Å². The van der Waals surface area contributed by atoms with E-state index in [9.17, 15) is 0 Å². The number of nitrogens with one attached hydrogen (secondary N) is 2. The Kier molecular flexibility index (Phi) is 13.1. The van der Waals surface area contributed by atoms with Crippen LogP contribution in [0.4, 0.5) is 0 Å². The molecule has 0 amide bonds. The van der Waals surface area contributed by atoms with Gasteiger partial charge in [-0.25, -0.2) is 0 Å². The maximum absolute atomic E-state index is 5.86. The molecule has 228 valence electrons. The van der Waals surface area contributed by atoms with Crippen molar-refractivity contribution in [1.29, 1.82) is 0 Å². The lowest BCUT2D eigenvalue weighted by Gasteiger charge is -2.20. The van der Waals surface area contributed by atoms with Crippen LogP contribution >= 0.6 is 0 Å². The molecule has 0 spiro atoms. The van der Waals surface area contributed by atoms with Crippen LogP contribution in [0.1, 0.15) is 62.0 Å². The van der Waals surface area contributed by atoms with Gasteiger partial charge in [0.25, 0.3) is 0 Å². The molecule has 0 aromatic heterocycles. The van der Waals surface area contributed by atoms with Crippen LogP contribution in [0.2, 0.25) is 0 Å². The van der Waals surface area contributed by atoms with Gasteiger partial charge < -0.3 is 24.8 Å². The van der Waals surface area contributed by atoms with Crippen molar-refractivity contribution in [2.45, 2.75) is 64.7 Å². The summed E-state index contributed by atoms with van der Waals surface area (Å²) in [5.74, 6) is 1.72. The molecule has 5 heteroatoms. The van der Waals surface area contributed by atoms with E-state index in [1.165, 1.54) is 22.3 Å². The lowest BCUT2D eigenvalue weighted by Crippen LogP contribution is -2.30. The summed E-state index contributed by atoms with van der Waals surface area (Å²) in [6, 6.07) is 39.2. The molecule has 0 aliphatic rings. The molecule has 4 aromatic rings. The molecule has 0 aliphatic carbocycles. The van der Waals surface area contributed by atoms with Gasteiger partial charge in [0.1, 0.15) is 24.7 Å². The molecule has 0 bridgehead atoms. The van der Waals surface area contributed by atoms with E-state index in [0.29, 0.717) is 50.6 Å². The number of ether oxygens (including phenoxy) is 3. The third kappa shape index (κ3) is 11.5. The summed E-state index contributed by atoms with van der Waals surface area (Å²) in [6.45, 7) is 10.9. The smallest absolute Gasteiger partial charge is 0.119 e. The van der Waals surface area contributed by atoms with Crippen LogP contribution in [0, 0.1) is 0 Å². The van der Waals surface area contributed by atoms with Gasteiger partial charge in [0.2, 0.25) is 0 Å². The zero-order valence-electron chi connectivity index (χ0n) is 26.2. The zero-order chi connectivity index (χ0) is 30.3. The molecule has 4 aromatic carbocycles. The lowest BCUT2D eigenvalue weighted by atomic mass is 10.0. The Balaban J connectivity index is 1.05. The Morgan fingerprint density at radius 1 is 0.465 bits per heavy atom. The minimum absolute atomic E-state index is 0.320. The van der Waals surface area contributed by atoms with E-state index in [4.69, 9.17) is 14.2 Å². The topological polar surface area (TPSA) is 51.8 Å². The van der Waals surface area contributed by atoms with Gasteiger partial charge in [-0.2, -0.15) is 0 Å². The largest absolute Gasteiger partial charge is 0.491 e. The van der Waals surface area contributed by atoms with Gasteiger partial charge in [-0.05, 0) is 87.1 Å². The molecule has 4 rings (SSSR count). The summed E-state index contributed by atoms with van der Waals surface area (Å²) in [7, 11) is 0. The summed E-state index contributed by atoms with van der Waals surface area (Å²) in [5, 5.41) is 7.37. The van der Waals surface area contributed by atoms with Gasteiger partial charge in [0.05, 0.1) is 13.2 Å². The Morgan fingerprint density at radius 2 is 0.837 bits per heavy atom. The normalized spacial score (nSPS) is 14.0. The van der Waals surface area contributed by atoms with Crippen LogP contribution in [0.15, 0.2) is 109 Å². The average Bonchev–Trinajstić information content (AvgIpc) is 3.03. The lowest BCUT2D eigenvalue weighted by molar-refractivity contribution is 0.0764. The van der Waals surface area contributed by atoms with E-state index in [2.05, 4.69) is 123 Å². The van der Waals surface area contributed by atoms with E-state index in [0.717, 1.165) is 24.3 Å².